The molecular formula is C21H26ClF2N3O. The van der Waals surface area contributed by atoms with Crippen molar-refractivity contribution in [2.45, 2.75) is 24.8 Å². The molecule has 1 fully saturated rings. The zero-order valence-electron chi connectivity index (χ0n) is 16.1. The van der Waals surface area contributed by atoms with Gasteiger partial charge < -0.3 is 16.0 Å². The number of carbonyl (C=O) groups excluding carboxylic acids is 1. The fourth-order valence-electron chi connectivity index (χ4n) is 2.77. The van der Waals surface area contributed by atoms with Crippen molar-refractivity contribution in [1.29, 1.82) is 0 Å². The molecule has 1 saturated heterocycles. The van der Waals surface area contributed by atoms with Crippen LogP contribution in [0.5, 0.6) is 0 Å². The first-order chi connectivity index (χ1) is 13.2. The number of hydrogen-bond donors (Lipinski definition) is 2. The van der Waals surface area contributed by atoms with Crippen LogP contribution in [0.15, 0.2) is 48.5 Å². The summed E-state index contributed by atoms with van der Waals surface area (Å²) >= 11 is 5.83. The maximum atomic E-state index is 14.4. The first-order valence-corrected chi connectivity index (χ1v) is 9.53. The van der Waals surface area contributed by atoms with Crippen LogP contribution in [0.2, 0.25) is 5.02 Å². The lowest BCUT2D eigenvalue weighted by Gasteiger charge is -2.25. The summed E-state index contributed by atoms with van der Waals surface area (Å²) in [6, 6.07) is 10.8. The molecule has 3 N–H and O–H groups in total. The molecule has 152 valence electrons. The van der Waals surface area contributed by atoms with E-state index in [1.807, 2.05) is 0 Å². The van der Waals surface area contributed by atoms with Gasteiger partial charge in [0.25, 0.3) is 5.92 Å². The van der Waals surface area contributed by atoms with E-state index in [1.54, 1.807) is 36.4 Å². The zero-order valence-corrected chi connectivity index (χ0v) is 16.8. The third kappa shape index (κ3) is 5.74. The van der Waals surface area contributed by atoms with E-state index in [-0.39, 0.29) is 5.56 Å². The summed E-state index contributed by atoms with van der Waals surface area (Å²) in [4.78, 5) is 12.7. The summed E-state index contributed by atoms with van der Waals surface area (Å²) in [5.74, 6) is -4.27. The Balaban J connectivity index is 0.000000485. The van der Waals surface area contributed by atoms with E-state index in [4.69, 9.17) is 17.3 Å². The van der Waals surface area contributed by atoms with Crippen LogP contribution in [-0.2, 0) is 10.7 Å². The van der Waals surface area contributed by atoms with Gasteiger partial charge in [0.05, 0.1) is 0 Å². The molecule has 3 rings (SSSR count). The summed E-state index contributed by atoms with van der Waals surface area (Å²) in [6.45, 7) is 2.50. The minimum atomic E-state index is -3.44. The van der Waals surface area contributed by atoms with Gasteiger partial charge in [-0.1, -0.05) is 48.0 Å². The van der Waals surface area contributed by atoms with Gasteiger partial charge in [-0.05, 0) is 49.2 Å². The summed E-state index contributed by atoms with van der Waals surface area (Å²) in [5, 5.41) is 3.82. The highest BCUT2D eigenvalue weighted by Gasteiger charge is 2.44. The number of nitrogens with two attached hydrogens (primary N) is 1. The molecule has 0 bridgehead atoms. The molecule has 0 spiro atoms. The van der Waals surface area contributed by atoms with Crippen LogP contribution in [0, 0.1) is 0 Å². The quantitative estimate of drug-likeness (QED) is 0.805. The summed E-state index contributed by atoms with van der Waals surface area (Å²) < 4.78 is 28.7. The predicted octanol–water partition coefficient (Wildman–Crippen LogP) is 3.88. The number of rotatable bonds is 4. The number of amides is 1. The number of alkyl halides is 2. The van der Waals surface area contributed by atoms with Crippen LogP contribution in [0.3, 0.4) is 0 Å². The molecule has 4 nitrogen and oxygen atoms in total. The number of benzene rings is 2. The Hall–Kier alpha value is -2.02. The monoisotopic (exact) mass is 409 g/mol. The highest BCUT2D eigenvalue weighted by molar-refractivity contribution is 6.30. The Kier molecular flexibility index (Phi) is 7.92. The molecule has 0 saturated carbocycles. The molecule has 0 radical (unpaired) electrons. The van der Waals surface area contributed by atoms with Gasteiger partial charge in [0.15, 0.2) is 6.04 Å². The van der Waals surface area contributed by atoms with E-state index in [0.29, 0.717) is 5.02 Å². The van der Waals surface area contributed by atoms with Gasteiger partial charge in [0.1, 0.15) is 0 Å². The van der Waals surface area contributed by atoms with Crippen LogP contribution in [-0.4, -0.2) is 44.0 Å². The van der Waals surface area contributed by atoms with Gasteiger partial charge in [-0.2, -0.15) is 8.78 Å². The lowest BCUT2D eigenvalue weighted by molar-refractivity contribution is -0.140. The van der Waals surface area contributed by atoms with E-state index in [9.17, 15) is 13.6 Å². The van der Waals surface area contributed by atoms with Crippen LogP contribution < -0.4 is 11.1 Å². The topological polar surface area (TPSA) is 58.4 Å². The Morgan fingerprint density at radius 3 is 1.89 bits per heavy atom. The molecule has 2 aromatic rings. The fourth-order valence-corrected chi connectivity index (χ4v) is 2.89. The molecule has 1 unspecified atom stereocenters. The molecule has 28 heavy (non-hydrogen) atoms. The van der Waals surface area contributed by atoms with E-state index in [2.05, 4.69) is 5.32 Å². The lowest BCUT2D eigenvalue weighted by atomic mass is 9.97. The number of halogens is 3. The van der Waals surface area contributed by atoms with Gasteiger partial charge in [-0.25, -0.2) is 0 Å². The van der Waals surface area contributed by atoms with Crippen molar-refractivity contribution >= 4 is 17.5 Å². The predicted molar refractivity (Wildman–Crippen MR) is 110 cm³/mol. The van der Waals surface area contributed by atoms with Gasteiger partial charge in [-0.3, -0.25) is 4.79 Å². The first kappa shape index (κ1) is 22.3. The van der Waals surface area contributed by atoms with Gasteiger partial charge in [0.2, 0.25) is 5.91 Å². The van der Waals surface area contributed by atoms with Gasteiger partial charge >= 0.3 is 0 Å². The Morgan fingerprint density at radius 2 is 1.50 bits per heavy atom. The fraction of sp³-hybridized carbons (Fsp3) is 0.381. The van der Waals surface area contributed by atoms with E-state index in [1.165, 1.54) is 52.2 Å². The highest BCUT2D eigenvalue weighted by Crippen LogP contribution is 2.33. The SMILES string of the molecule is C1CCNC1.CN(C)C(=O)C(N)C(F)(F)c1ccc(-c2ccc(Cl)cc2)cc1. The van der Waals surface area contributed by atoms with E-state index >= 15 is 0 Å². The third-order valence-corrected chi connectivity index (χ3v) is 4.75. The number of likely N-dealkylation sites (N-methyl/N-ethyl adjacent to an activating group) is 1. The molecule has 1 atom stereocenters. The standard InChI is InChI=1S/C17H17ClF2N2O.C4H9N/c1-22(2)16(23)15(21)17(19,20)13-7-3-11(4-8-13)12-5-9-14(18)10-6-12;1-2-4-5-3-1/h3-10,15H,21H2,1-2H3;5H,1-4H2. The highest BCUT2D eigenvalue weighted by atomic mass is 35.5. The third-order valence-electron chi connectivity index (χ3n) is 4.50. The van der Waals surface area contributed by atoms with E-state index in [0.717, 1.165) is 16.0 Å². The van der Waals surface area contributed by atoms with Crippen molar-refractivity contribution in [3.8, 4) is 11.1 Å². The first-order valence-electron chi connectivity index (χ1n) is 9.15. The normalized spacial score (nSPS) is 14.8. The Morgan fingerprint density at radius 1 is 1.04 bits per heavy atom. The second-order valence-electron chi connectivity index (χ2n) is 6.87. The molecule has 7 heteroatoms. The summed E-state index contributed by atoms with van der Waals surface area (Å²) in [5.41, 5.74) is 6.78. The van der Waals surface area contributed by atoms with Crippen molar-refractivity contribution in [3.63, 3.8) is 0 Å². The maximum Gasteiger partial charge on any atom is 0.296 e. The Labute approximate surface area is 169 Å². The van der Waals surface area contributed by atoms with Crippen molar-refractivity contribution < 1.29 is 13.6 Å². The van der Waals surface area contributed by atoms with Crippen molar-refractivity contribution in [1.82, 2.24) is 10.2 Å². The van der Waals surface area contributed by atoms with Crippen LogP contribution in [0.25, 0.3) is 11.1 Å². The second kappa shape index (κ2) is 9.96. The molecular weight excluding hydrogens is 384 g/mol. The summed E-state index contributed by atoms with van der Waals surface area (Å²) in [6.07, 6.45) is 2.78. The molecule has 1 aliphatic rings. The largest absolute Gasteiger partial charge is 0.347 e. The van der Waals surface area contributed by atoms with Crippen molar-refractivity contribution in [2.24, 2.45) is 5.73 Å². The smallest absolute Gasteiger partial charge is 0.296 e. The lowest BCUT2D eigenvalue weighted by Crippen LogP contribution is -2.50. The van der Waals surface area contributed by atoms with E-state index < -0.39 is 17.9 Å². The number of carbonyl (C=O) groups is 1. The molecule has 0 aromatic heterocycles. The minimum Gasteiger partial charge on any atom is -0.347 e. The zero-order chi connectivity index (χ0) is 20.7. The number of nitrogens with zero attached hydrogens (tertiary/aromatic N) is 1. The molecule has 1 aliphatic heterocycles. The Bertz CT molecular complexity index is 753. The molecule has 1 amide bonds. The second-order valence-corrected chi connectivity index (χ2v) is 7.31. The van der Waals surface area contributed by atoms with Crippen LogP contribution in [0.4, 0.5) is 8.78 Å². The minimum absolute atomic E-state index is 0.294. The number of nitrogens with one attached hydrogen (secondary N) is 1. The van der Waals surface area contributed by atoms with Gasteiger partial charge in [-0.15, -0.1) is 0 Å². The average molecular weight is 410 g/mol. The molecule has 1 heterocycles. The van der Waals surface area contributed by atoms with Crippen LogP contribution >= 0.6 is 11.6 Å². The average Bonchev–Trinajstić information content (AvgIpc) is 3.27. The van der Waals surface area contributed by atoms with Crippen molar-refractivity contribution in [2.75, 3.05) is 27.2 Å². The maximum absolute atomic E-state index is 14.4. The van der Waals surface area contributed by atoms with Gasteiger partial charge in [0, 0.05) is 24.7 Å². The number of hydrogen-bond acceptors (Lipinski definition) is 3. The van der Waals surface area contributed by atoms with Crippen LogP contribution in [0.1, 0.15) is 18.4 Å². The molecule has 0 aliphatic carbocycles. The van der Waals surface area contributed by atoms with Crippen molar-refractivity contribution in [3.05, 3.63) is 59.1 Å². The summed E-state index contributed by atoms with van der Waals surface area (Å²) in [7, 11) is 2.78. The molecule has 2 aromatic carbocycles.